The predicted octanol–water partition coefficient (Wildman–Crippen LogP) is 3.13. The number of anilines is 1. The molecule has 0 radical (unpaired) electrons. The number of halogens is 1. The zero-order valence-electron chi connectivity index (χ0n) is 12.0. The first-order valence-electron chi connectivity index (χ1n) is 6.52. The summed E-state index contributed by atoms with van der Waals surface area (Å²) in [6.45, 7) is 0.549. The van der Waals surface area contributed by atoms with E-state index >= 15 is 0 Å². The first-order chi connectivity index (χ1) is 9.99. The molecule has 0 aliphatic rings. The first-order valence-corrected chi connectivity index (χ1v) is 8.19. The van der Waals surface area contributed by atoms with E-state index in [-0.39, 0.29) is 11.9 Å². The number of nitrogens with one attached hydrogen (secondary N) is 1. The lowest BCUT2D eigenvalue weighted by Gasteiger charge is -2.23. The molecule has 0 aliphatic carbocycles. The summed E-state index contributed by atoms with van der Waals surface area (Å²) in [4.78, 5) is 15.6. The quantitative estimate of drug-likeness (QED) is 0.798. The molecule has 0 aliphatic heterocycles. The van der Waals surface area contributed by atoms with Crippen molar-refractivity contribution in [1.29, 1.82) is 0 Å². The Bertz CT molecular complexity index is 613. The van der Waals surface area contributed by atoms with Crippen molar-refractivity contribution in [2.75, 3.05) is 26.4 Å². The van der Waals surface area contributed by atoms with Gasteiger partial charge in [-0.2, -0.15) is 0 Å². The van der Waals surface area contributed by atoms with E-state index in [9.17, 15) is 4.79 Å². The third-order valence-corrected chi connectivity index (χ3v) is 4.85. The average molecular weight is 368 g/mol. The molecule has 4 nitrogen and oxygen atoms in total. The Morgan fingerprint density at radius 1 is 1.43 bits per heavy atom. The molecule has 0 saturated carbocycles. The predicted molar refractivity (Wildman–Crippen MR) is 91.6 cm³/mol. The molecule has 0 saturated heterocycles. The third kappa shape index (κ3) is 4.06. The molecule has 2 rings (SSSR count). The zero-order chi connectivity index (χ0) is 15.4. The fourth-order valence-corrected chi connectivity index (χ4v) is 3.37. The highest BCUT2D eigenvalue weighted by atomic mass is 79.9. The fraction of sp³-hybridized carbons (Fsp3) is 0.267. The monoisotopic (exact) mass is 367 g/mol. The van der Waals surface area contributed by atoms with Crippen molar-refractivity contribution in [1.82, 2.24) is 10.2 Å². The van der Waals surface area contributed by atoms with Crippen LogP contribution in [0, 0.1) is 0 Å². The third-order valence-electron chi connectivity index (χ3n) is 3.19. The summed E-state index contributed by atoms with van der Waals surface area (Å²) in [5.41, 5.74) is 6.87. The smallest absolute Gasteiger partial charge is 0.252 e. The van der Waals surface area contributed by atoms with Gasteiger partial charge in [-0.15, -0.1) is 11.3 Å². The topological polar surface area (TPSA) is 58.4 Å². The molecular weight excluding hydrogens is 350 g/mol. The maximum absolute atomic E-state index is 12.3. The Balaban J connectivity index is 2.07. The lowest BCUT2D eigenvalue weighted by molar-refractivity contribution is 0.0941. The van der Waals surface area contributed by atoms with Gasteiger partial charge in [-0.25, -0.2) is 0 Å². The van der Waals surface area contributed by atoms with Crippen LogP contribution in [-0.2, 0) is 0 Å². The Morgan fingerprint density at radius 3 is 2.81 bits per heavy atom. The van der Waals surface area contributed by atoms with Gasteiger partial charge in [0.1, 0.15) is 0 Å². The molecule has 21 heavy (non-hydrogen) atoms. The van der Waals surface area contributed by atoms with E-state index < -0.39 is 0 Å². The van der Waals surface area contributed by atoms with E-state index in [1.54, 1.807) is 29.5 Å². The van der Waals surface area contributed by atoms with Gasteiger partial charge in [-0.05, 0) is 59.7 Å². The lowest BCUT2D eigenvalue weighted by atomic mass is 10.1. The number of nitrogens with zero attached hydrogens (tertiary/aromatic N) is 1. The maximum atomic E-state index is 12.3. The second-order valence-electron chi connectivity index (χ2n) is 4.94. The van der Waals surface area contributed by atoms with Crippen LogP contribution in [-0.4, -0.2) is 31.4 Å². The maximum Gasteiger partial charge on any atom is 0.252 e. The van der Waals surface area contributed by atoms with E-state index in [1.807, 2.05) is 25.5 Å². The van der Waals surface area contributed by atoms with Gasteiger partial charge in [-0.3, -0.25) is 4.79 Å². The van der Waals surface area contributed by atoms with Gasteiger partial charge >= 0.3 is 0 Å². The van der Waals surface area contributed by atoms with Crippen LogP contribution in [0.3, 0.4) is 0 Å². The Kier molecular flexibility index (Phi) is 5.39. The van der Waals surface area contributed by atoms with Gasteiger partial charge in [0.15, 0.2) is 0 Å². The summed E-state index contributed by atoms with van der Waals surface area (Å²) < 4.78 is 0.742. The number of nitrogen functional groups attached to an aromatic ring is 1. The summed E-state index contributed by atoms with van der Waals surface area (Å²) in [6.07, 6.45) is 0. The van der Waals surface area contributed by atoms with Crippen molar-refractivity contribution in [2.24, 2.45) is 0 Å². The Hall–Kier alpha value is -1.37. The average Bonchev–Trinajstić information content (AvgIpc) is 2.95. The highest BCUT2D eigenvalue weighted by Crippen LogP contribution is 2.23. The molecule has 1 aromatic heterocycles. The van der Waals surface area contributed by atoms with E-state index in [2.05, 4.69) is 32.2 Å². The van der Waals surface area contributed by atoms with Crippen LogP contribution in [0.4, 0.5) is 5.69 Å². The Morgan fingerprint density at radius 2 is 2.19 bits per heavy atom. The van der Waals surface area contributed by atoms with Crippen molar-refractivity contribution < 1.29 is 4.79 Å². The number of likely N-dealkylation sites (N-methyl/N-ethyl adjacent to an activating group) is 1. The summed E-state index contributed by atoms with van der Waals surface area (Å²) in [7, 11) is 4.01. The molecule has 1 unspecified atom stereocenters. The van der Waals surface area contributed by atoms with E-state index in [0.717, 1.165) is 4.47 Å². The van der Waals surface area contributed by atoms with Crippen LogP contribution in [0.5, 0.6) is 0 Å². The number of benzene rings is 1. The van der Waals surface area contributed by atoms with Crippen molar-refractivity contribution in [3.05, 3.63) is 50.6 Å². The molecule has 6 heteroatoms. The van der Waals surface area contributed by atoms with Crippen LogP contribution in [0.15, 0.2) is 40.2 Å². The zero-order valence-corrected chi connectivity index (χ0v) is 14.4. The number of rotatable bonds is 5. The standard InChI is InChI=1S/C15H18BrN3OS/c1-19(2)13(14-4-3-7-21-14)9-18-15(20)11-8-10(17)5-6-12(11)16/h3-8,13H,9,17H2,1-2H3,(H,18,20). The summed E-state index contributed by atoms with van der Waals surface area (Å²) in [6, 6.07) is 9.48. The summed E-state index contributed by atoms with van der Waals surface area (Å²) in [5.74, 6) is -0.127. The number of carbonyl (C=O) groups is 1. The van der Waals surface area contributed by atoms with Gasteiger partial charge in [0.25, 0.3) is 5.91 Å². The molecule has 3 N–H and O–H groups in total. The van der Waals surface area contributed by atoms with E-state index in [4.69, 9.17) is 5.73 Å². The number of hydrogen-bond donors (Lipinski definition) is 2. The summed E-state index contributed by atoms with van der Waals surface area (Å²) >= 11 is 5.07. The molecule has 1 amide bonds. The number of carbonyl (C=O) groups excluding carboxylic acids is 1. The largest absolute Gasteiger partial charge is 0.399 e. The van der Waals surface area contributed by atoms with Gasteiger partial charge < -0.3 is 16.0 Å². The van der Waals surface area contributed by atoms with Gasteiger partial charge in [0.05, 0.1) is 11.6 Å². The first kappa shape index (κ1) is 16.0. The highest BCUT2D eigenvalue weighted by Gasteiger charge is 2.17. The van der Waals surface area contributed by atoms with Crippen LogP contribution in [0.1, 0.15) is 21.3 Å². The molecule has 0 spiro atoms. The molecule has 112 valence electrons. The van der Waals surface area contributed by atoms with Gasteiger partial charge in [-0.1, -0.05) is 6.07 Å². The Labute approximate surface area is 137 Å². The molecule has 1 heterocycles. The van der Waals surface area contributed by atoms with Crippen molar-refractivity contribution in [3.8, 4) is 0 Å². The summed E-state index contributed by atoms with van der Waals surface area (Å²) in [5, 5.41) is 5.02. The fourth-order valence-electron chi connectivity index (χ4n) is 2.02. The van der Waals surface area contributed by atoms with Crippen LogP contribution < -0.4 is 11.1 Å². The van der Waals surface area contributed by atoms with Gasteiger partial charge in [0, 0.05) is 21.6 Å². The normalized spacial score (nSPS) is 12.4. The van der Waals surface area contributed by atoms with Crippen molar-refractivity contribution in [3.63, 3.8) is 0 Å². The van der Waals surface area contributed by atoms with Crippen molar-refractivity contribution >= 4 is 38.9 Å². The lowest BCUT2D eigenvalue weighted by Crippen LogP contribution is -2.34. The highest BCUT2D eigenvalue weighted by molar-refractivity contribution is 9.10. The van der Waals surface area contributed by atoms with Crippen LogP contribution >= 0.6 is 27.3 Å². The molecule has 0 fully saturated rings. The number of hydrogen-bond acceptors (Lipinski definition) is 4. The molecule has 1 aromatic carbocycles. The minimum absolute atomic E-state index is 0.127. The van der Waals surface area contributed by atoms with E-state index in [1.165, 1.54) is 4.88 Å². The van der Waals surface area contributed by atoms with E-state index in [0.29, 0.717) is 17.8 Å². The minimum atomic E-state index is -0.127. The van der Waals surface area contributed by atoms with Crippen LogP contribution in [0.2, 0.25) is 0 Å². The molecular formula is C15H18BrN3OS. The molecule has 2 aromatic rings. The second-order valence-corrected chi connectivity index (χ2v) is 6.78. The minimum Gasteiger partial charge on any atom is -0.399 e. The number of thiophene rings is 1. The van der Waals surface area contributed by atoms with Gasteiger partial charge in [0.2, 0.25) is 0 Å². The number of amides is 1. The SMILES string of the molecule is CN(C)C(CNC(=O)c1cc(N)ccc1Br)c1cccs1. The molecule has 0 bridgehead atoms. The second kappa shape index (κ2) is 7.06. The van der Waals surface area contributed by atoms with Crippen molar-refractivity contribution in [2.45, 2.75) is 6.04 Å². The van der Waals surface area contributed by atoms with Crippen LogP contribution in [0.25, 0.3) is 0 Å². The number of nitrogens with two attached hydrogens (primary N) is 1. The molecule has 1 atom stereocenters.